The van der Waals surface area contributed by atoms with Crippen LogP contribution in [0, 0.1) is 5.82 Å². The second-order valence-electron chi connectivity index (χ2n) is 5.12. The molecule has 18 heavy (non-hydrogen) atoms. The Bertz CT molecular complexity index is 396. The molecule has 1 aliphatic rings. The van der Waals surface area contributed by atoms with Gasteiger partial charge in [0.1, 0.15) is 5.82 Å². The minimum Gasteiger partial charge on any atom is -0.390 e. The largest absolute Gasteiger partial charge is 0.390 e. The van der Waals surface area contributed by atoms with Gasteiger partial charge in [-0.05, 0) is 49.9 Å². The van der Waals surface area contributed by atoms with Crippen LogP contribution >= 0.6 is 15.9 Å². The van der Waals surface area contributed by atoms with Gasteiger partial charge in [0.05, 0.1) is 11.7 Å². The standard InChI is InChI=1S/C14H18BrFO2/c1-14(4-2-3-5-18-14)13(17)8-10-6-11(15)9-12(16)7-10/h6-7,9,13,17H,2-5,8H2,1H3. The van der Waals surface area contributed by atoms with Gasteiger partial charge < -0.3 is 9.84 Å². The lowest BCUT2D eigenvalue weighted by Gasteiger charge is -2.38. The van der Waals surface area contributed by atoms with E-state index in [0.717, 1.165) is 24.8 Å². The van der Waals surface area contributed by atoms with Crippen molar-refractivity contribution in [2.75, 3.05) is 6.61 Å². The van der Waals surface area contributed by atoms with E-state index < -0.39 is 11.7 Å². The fraction of sp³-hybridized carbons (Fsp3) is 0.571. The molecule has 2 atom stereocenters. The van der Waals surface area contributed by atoms with Gasteiger partial charge in [-0.3, -0.25) is 0 Å². The summed E-state index contributed by atoms with van der Waals surface area (Å²) < 4.78 is 19.7. The predicted molar refractivity (Wildman–Crippen MR) is 72.0 cm³/mol. The summed E-state index contributed by atoms with van der Waals surface area (Å²) >= 11 is 3.26. The average molecular weight is 317 g/mol. The minimum absolute atomic E-state index is 0.290. The zero-order valence-electron chi connectivity index (χ0n) is 10.5. The lowest BCUT2D eigenvalue weighted by Crippen LogP contribution is -2.45. The molecule has 1 saturated heterocycles. The summed E-state index contributed by atoms with van der Waals surface area (Å²) in [6.45, 7) is 2.63. The predicted octanol–water partition coefficient (Wildman–Crippen LogP) is 3.45. The van der Waals surface area contributed by atoms with E-state index >= 15 is 0 Å². The molecule has 2 unspecified atom stereocenters. The van der Waals surface area contributed by atoms with Crippen molar-refractivity contribution in [1.29, 1.82) is 0 Å². The molecule has 100 valence electrons. The highest BCUT2D eigenvalue weighted by Crippen LogP contribution is 2.30. The van der Waals surface area contributed by atoms with Gasteiger partial charge in [0.25, 0.3) is 0 Å². The summed E-state index contributed by atoms with van der Waals surface area (Å²) in [5.74, 6) is -0.290. The van der Waals surface area contributed by atoms with Crippen LogP contribution in [0.3, 0.4) is 0 Å². The Kier molecular flexibility index (Phi) is 4.41. The second-order valence-corrected chi connectivity index (χ2v) is 6.03. The van der Waals surface area contributed by atoms with E-state index in [1.165, 1.54) is 12.1 Å². The Hall–Kier alpha value is -0.450. The molecule has 1 aromatic rings. The SMILES string of the molecule is CC1(C(O)Cc2cc(F)cc(Br)c2)CCCCO1. The number of hydrogen-bond acceptors (Lipinski definition) is 2. The normalized spacial score (nSPS) is 26.0. The quantitative estimate of drug-likeness (QED) is 0.925. The minimum atomic E-state index is -0.605. The molecular weight excluding hydrogens is 299 g/mol. The van der Waals surface area contributed by atoms with E-state index in [1.807, 2.05) is 13.0 Å². The Balaban J connectivity index is 2.08. The van der Waals surface area contributed by atoms with Crippen LogP contribution in [0.5, 0.6) is 0 Å². The maximum atomic E-state index is 13.3. The zero-order chi connectivity index (χ0) is 13.2. The van der Waals surface area contributed by atoms with E-state index in [1.54, 1.807) is 0 Å². The molecule has 1 N–H and O–H groups in total. The zero-order valence-corrected chi connectivity index (χ0v) is 12.0. The van der Waals surface area contributed by atoms with Gasteiger partial charge >= 0.3 is 0 Å². The number of hydrogen-bond donors (Lipinski definition) is 1. The lowest BCUT2D eigenvalue weighted by atomic mass is 9.87. The number of halogens is 2. The molecule has 1 aliphatic heterocycles. The molecule has 2 rings (SSSR count). The second kappa shape index (κ2) is 5.68. The van der Waals surface area contributed by atoms with Crippen LogP contribution in [0.2, 0.25) is 0 Å². The van der Waals surface area contributed by atoms with Crippen molar-refractivity contribution in [2.45, 2.75) is 44.3 Å². The summed E-state index contributed by atoms with van der Waals surface area (Å²) in [6.07, 6.45) is 2.78. The van der Waals surface area contributed by atoms with Crippen LogP contribution < -0.4 is 0 Å². The first-order valence-corrected chi connectivity index (χ1v) is 7.06. The third kappa shape index (κ3) is 3.31. The fourth-order valence-corrected chi connectivity index (χ4v) is 2.90. The van der Waals surface area contributed by atoms with Gasteiger partial charge in [-0.15, -0.1) is 0 Å². The summed E-state index contributed by atoms with van der Waals surface area (Å²) in [7, 11) is 0. The third-order valence-corrected chi connectivity index (χ3v) is 4.01. The van der Waals surface area contributed by atoms with Gasteiger partial charge in [-0.1, -0.05) is 15.9 Å². The molecule has 0 radical (unpaired) electrons. The van der Waals surface area contributed by atoms with Crippen molar-refractivity contribution < 1.29 is 14.2 Å². The van der Waals surface area contributed by atoms with E-state index in [9.17, 15) is 9.50 Å². The average Bonchev–Trinajstić information content (AvgIpc) is 2.28. The number of aliphatic hydroxyl groups excluding tert-OH is 1. The van der Waals surface area contributed by atoms with Gasteiger partial charge in [0.15, 0.2) is 0 Å². The topological polar surface area (TPSA) is 29.5 Å². The monoisotopic (exact) mass is 316 g/mol. The smallest absolute Gasteiger partial charge is 0.124 e. The van der Waals surface area contributed by atoms with Crippen LogP contribution in [0.4, 0.5) is 4.39 Å². The molecule has 4 heteroatoms. The number of rotatable bonds is 3. The number of aliphatic hydroxyl groups is 1. The van der Waals surface area contributed by atoms with Crippen LogP contribution in [-0.2, 0) is 11.2 Å². The molecule has 2 nitrogen and oxygen atoms in total. The first-order chi connectivity index (χ1) is 8.49. The van der Waals surface area contributed by atoms with Crippen LogP contribution in [0.15, 0.2) is 22.7 Å². The molecule has 0 amide bonds. The summed E-state index contributed by atoms with van der Waals surface area (Å²) in [4.78, 5) is 0. The van der Waals surface area contributed by atoms with Gasteiger partial charge in [-0.2, -0.15) is 0 Å². The molecule has 0 aromatic heterocycles. The molecule has 1 heterocycles. The highest BCUT2D eigenvalue weighted by molar-refractivity contribution is 9.10. The van der Waals surface area contributed by atoms with Crippen molar-refractivity contribution in [3.8, 4) is 0 Å². The van der Waals surface area contributed by atoms with Crippen molar-refractivity contribution in [1.82, 2.24) is 0 Å². The summed E-state index contributed by atoms with van der Waals surface area (Å²) in [5, 5.41) is 10.3. The Morgan fingerprint density at radius 1 is 1.44 bits per heavy atom. The van der Waals surface area contributed by atoms with Crippen molar-refractivity contribution in [3.63, 3.8) is 0 Å². The molecule has 1 fully saturated rings. The van der Waals surface area contributed by atoms with Crippen molar-refractivity contribution in [3.05, 3.63) is 34.1 Å². The molecule has 0 bridgehead atoms. The Morgan fingerprint density at radius 2 is 2.22 bits per heavy atom. The molecular formula is C14H18BrFO2. The van der Waals surface area contributed by atoms with E-state index in [2.05, 4.69) is 15.9 Å². The van der Waals surface area contributed by atoms with E-state index in [-0.39, 0.29) is 5.82 Å². The third-order valence-electron chi connectivity index (χ3n) is 3.56. The van der Waals surface area contributed by atoms with E-state index in [0.29, 0.717) is 17.5 Å². The highest BCUT2D eigenvalue weighted by Gasteiger charge is 2.35. The number of benzene rings is 1. The Labute approximate surface area is 115 Å². The van der Waals surface area contributed by atoms with Crippen molar-refractivity contribution >= 4 is 15.9 Å². The first kappa shape index (κ1) is 14.0. The number of ether oxygens (including phenoxy) is 1. The maximum Gasteiger partial charge on any atom is 0.124 e. The van der Waals surface area contributed by atoms with E-state index in [4.69, 9.17) is 4.74 Å². The van der Waals surface area contributed by atoms with Gasteiger partial charge in [0.2, 0.25) is 0 Å². The molecule has 1 aromatic carbocycles. The fourth-order valence-electron chi connectivity index (χ4n) is 2.39. The van der Waals surface area contributed by atoms with Crippen molar-refractivity contribution in [2.24, 2.45) is 0 Å². The lowest BCUT2D eigenvalue weighted by molar-refractivity contribution is -0.135. The summed E-state index contributed by atoms with van der Waals surface area (Å²) in [6, 6.07) is 4.70. The molecule has 0 aliphatic carbocycles. The highest BCUT2D eigenvalue weighted by atomic mass is 79.9. The van der Waals surface area contributed by atoms with Gasteiger partial charge in [0, 0.05) is 17.5 Å². The molecule has 0 spiro atoms. The maximum absolute atomic E-state index is 13.3. The van der Waals surface area contributed by atoms with Gasteiger partial charge in [-0.25, -0.2) is 4.39 Å². The van der Waals surface area contributed by atoms with Crippen LogP contribution in [0.1, 0.15) is 31.7 Å². The van der Waals surface area contributed by atoms with Crippen LogP contribution in [-0.4, -0.2) is 23.4 Å². The van der Waals surface area contributed by atoms with Crippen LogP contribution in [0.25, 0.3) is 0 Å². The first-order valence-electron chi connectivity index (χ1n) is 6.27. The Morgan fingerprint density at radius 3 is 2.83 bits per heavy atom. The summed E-state index contributed by atoms with van der Waals surface area (Å²) in [5.41, 5.74) is 0.279. The molecule has 0 saturated carbocycles.